The Balaban J connectivity index is 1.82. The summed E-state index contributed by atoms with van der Waals surface area (Å²) in [6, 6.07) is 16.6. The number of hydrogen-bond donors (Lipinski definition) is 1. The van der Waals surface area contributed by atoms with E-state index >= 15 is 0 Å². The number of carbonyl (C=O) groups is 1. The molecule has 0 fully saturated rings. The summed E-state index contributed by atoms with van der Waals surface area (Å²) in [4.78, 5) is 22.0. The van der Waals surface area contributed by atoms with Gasteiger partial charge < -0.3 is 5.32 Å². The number of nitrogens with one attached hydrogen (secondary N) is 1. The maximum atomic E-state index is 13.2. The van der Waals surface area contributed by atoms with Gasteiger partial charge in [-0.3, -0.25) is 9.78 Å². The van der Waals surface area contributed by atoms with Crippen LogP contribution in [0.25, 0.3) is 22.2 Å². The molecule has 144 valence electrons. The van der Waals surface area contributed by atoms with Crippen molar-refractivity contribution in [3.05, 3.63) is 93.7 Å². The monoisotopic (exact) mass is 421 g/mol. The molecule has 4 rings (SSSR count). The van der Waals surface area contributed by atoms with Gasteiger partial charge in [-0.15, -0.1) is 0 Å². The fourth-order valence-corrected chi connectivity index (χ4v) is 3.81. The van der Waals surface area contributed by atoms with Crippen LogP contribution in [0.4, 0.5) is 0 Å². The van der Waals surface area contributed by atoms with E-state index in [0.717, 1.165) is 27.6 Å². The maximum absolute atomic E-state index is 13.2. The number of benzene rings is 2. The zero-order valence-corrected chi connectivity index (χ0v) is 17.1. The van der Waals surface area contributed by atoms with Crippen LogP contribution in [0.15, 0.2) is 67.0 Å². The second-order valence-electron chi connectivity index (χ2n) is 6.64. The first-order valence-corrected chi connectivity index (χ1v) is 9.82. The minimum Gasteiger partial charge on any atom is -0.348 e. The van der Waals surface area contributed by atoms with Crippen LogP contribution in [0.1, 0.15) is 21.5 Å². The molecule has 0 spiro atoms. The third kappa shape index (κ3) is 3.95. The molecule has 0 saturated heterocycles. The highest BCUT2D eigenvalue weighted by Crippen LogP contribution is 2.34. The molecule has 2 aromatic carbocycles. The SMILES string of the molecule is Cc1c(-c2ccc(Cl)cc2Cl)nc2ccccc2c1C(=O)NCc1ccncc1. The van der Waals surface area contributed by atoms with Gasteiger partial charge in [-0.25, -0.2) is 4.98 Å². The van der Waals surface area contributed by atoms with Crippen molar-refractivity contribution >= 4 is 40.0 Å². The van der Waals surface area contributed by atoms with Gasteiger partial charge in [0.15, 0.2) is 0 Å². The van der Waals surface area contributed by atoms with Crippen LogP contribution in [-0.4, -0.2) is 15.9 Å². The van der Waals surface area contributed by atoms with Gasteiger partial charge in [0.25, 0.3) is 5.91 Å². The number of rotatable bonds is 4. The Morgan fingerprint density at radius 1 is 1.03 bits per heavy atom. The molecular weight excluding hydrogens is 405 g/mol. The minimum absolute atomic E-state index is 0.163. The highest BCUT2D eigenvalue weighted by molar-refractivity contribution is 6.36. The van der Waals surface area contributed by atoms with Crippen molar-refractivity contribution < 1.29 is 4.79 Å². The van der Waals surface area contributed by atoms with Gasteiger partial charge in [0.05, 0.1) is 21.8 Å². The van der Waals surface area contributed by atoms with Crippen molar-refractivity contribution in [1.29, 1.82) is 0 Å². The number of nitrogens with zero attached hydrogens (tertiary/aromatic N) is 2. The van der Waals surface area contributed by atoms with Crippen LogP contribution in [0.3, 0.4) is 0 Å². The van der Waals surface area contributed by atoms with E-state index in [1.165, 1.54) is 0 Å². The molecular formula is C23H17Cl2N3O. The number of halogens is 2. The van der Waals surface area contributed by atoms with Crippen molar-refractivity contribution in [3.8, 4) is 11.3 Å². The Hall–Kier alpha value is -2.95. The summed E-state index contributed by atoms with van der Waals surface area (Å²) >= 11 is 12.5. The average molecular weight is 422 g/mol. The normalized spacial score (nSPS) is 10.9. The van der Waals surface area contributed by atoms with E-state index in [0.29, 0.717) is 27.8 Å². The van der Waals surface area contributed by atoms with E-state index in [1.807, 2.05) is 49.4 Å². The number of carbonyl (C=O) groups excluding carboxylic acids is 1. The van der Waals surface area contributed by atoms with Crippen LogP contribution < -0.4 is 5.32 Å². The molecule has 4 aromatic rings. The number of para-hydroxylation sites is 1. The quantitative estimate of drug-likeness (QED) is 0.450. The lowest BCUT2D eigenvalue weighted by Gasteiger charge is -2.15. The predicted octanol–water partition coefficient (Wildman–Crippen LogP) is 5.84. The second kappa shape index (κ2) is 8.19. The topological polar surface area (TPSA) is 54.9 Å². The van der Waals surface area contributed by atoms with Crippen molar-refractivity contribution in [3.63, 3.8) is 0 Å². The third-order valence-corrected chi connectivity index (χ3v) is 5.30. The van der Waals surface area contributed by atoms with Gasteiger partial charge in [0.1, 0.15) is 0 Å². The molecule has 2 heterocycles. The summed E-state index contributed by atoms with van der Waals surface area (Å²) < 4.78 is 0. The molecule has 0 aliphatic rings. The van der Waals surface area contributed by atoms with Gasteiger partial charge in [-0.1, -0.05) is 41.4 Å². The zero-order chi connectivity index (χ0) is 20.4. The van der Waals surface area contributed by atoms with Crippen LogP contribution in [-0.2, 0) is 6.54 Å². The van der Waals surface area contributed by atoms with E-state index in [1.54, 1.807) is 24.5 Å². The molecule has 6 heteroatoms. The summed E-state index contributed by atoms with van der Waals surface area (Å²) in [5, 5.41) is 4.84. The van der Waals surface area contributed by atoms with Gasteiger partial charge in [0.2, 0.25) is 0 Å². The lowest BCUT2D eigenvalue weighted by Crippen LogP contribution is -2.24. The van der Waals surface area contributed by atoms with Crippen LogP contribution in [0.5, 0.6) is 0 Å². The summed E-state index contributed by atoms with van der Waals surface area (Å²) in [5.74, 6) is -0.163. The molecule has 0 aliphatic heterocycles. The molecule has 1 amide bonds. The summed E-state index contributed by atoms with van der Waals surface area (Å²) in [6.07, 6.45) is 3.41. The van der Waals surface area contributed by atoms with E-state index < -0.39 is 0 Å². The lowest BCUT2D eigenvalue weighted by molar-refractivity contribution is 0.0952. The standard InChI is InChI=1S/C23H17Cl2N3O/c1-14-21(23(29)27-13-15-8-10-26-11-9-15)18-4-2-3-5-20(18)28-22(14)17-7-6-16(24)12-19(17)25/h2-12H,13H2,1H3,(H,27,29). The molecule has 0 radical (unpaired) electrons. The Morgan fingerprint density at radius 2 is 1.79 bits per heavy atom. The molecule has 4 nitrogen and oxygen atoms in total. The van der Waals surface area contributed by atoms with Gasteiger partial charge in [-0.2, -0.15) is 0 Å². The largest absolute Gasteiger partial charge is 0.348 e. The fourth-order valence-electron chi connectivity index (χ4n) is 3.31. The van der Waals surface area contributed by atoms with Crippen molar-refractivity contribution in [2.24, 2.45) is 0 Å². The minimum atomic E-state index is -0.163. The Morgan fingerprint density at radius 3 is 2.55 bits per heavy atom. The smallest absolute Gasteiger partial charge is 0.252 e. The van der Waals surface area contributed by atoms with Crippen LogP contribution in [0.2, 0.25) is 10.0 Å². The Kier molecular flexibility index (Phi) is 5.47. The molecule has 1 N–H and O–H groups in total. The van der Waals surface area contributed by atoms with E-state index in [4.69, 9.17) is 28.2 Å². The number of fused-ring (bicyclic) bond motifs is 1. The zero-order valence-electron chi connectivity index (χ0n) is 15.6. The Labute approximate surface area is 178 Å². The molecule has 2 aromatic heterocycles. The summed E-state index contributed by atoms with van der Waals surface area (Å²) in [5.41, 5.74) is 4.46. The second-order valence-corrected chi connectivity index (χ2v) is 7.48. The molecule has 0 saturated carbocycles. The predicted molar refractivity (Wildman–Crippen MR) is 117 cm³/mol. The molecule has 0 atom stereocenters. The van der Waals surface area contributed by atoms with Crippen LogP contribution >= 0.6 is 23.2 Å². The molecule has 0 aliphatic carbocycles. The van der Waals surface area contributed by atoms with Gasteiger partial charge in [-0.05, 0) is 54.4 Å². The molecule has 29 heavy (non-hydrogen) atoms. The van der Waals surface area contributed by atoms with Crippen LogP contribution in [0, 0.1) is 6.92 Å². The fraction of sp³-hybridized carbons (Fsp3) is 0.0870. The first-order chi connectivity index (χ1) is 14.0. The number of hydrogen-bond acceptors (Lipinski definition) is 3. The first kappa shape index (κ1) is 19.4. The van der Waals surface area contributed by atoms with Gasteiger partial charge >= 0.3 is 0 Å². The molecule has 0 unspecified atom stereocenters. The lowest BCUT2D eigenvalue weighted by atomic mass is 9.97. The van der Waals surface area contributed by atoms with E-state index in [2.05, 4.69) is 10.3 Å². The van der Waals surface area contributed by atoms with Crippen molar-refractivity contribution in [2.75, 3.05) is 0 Å². The molecule has 0 bridgehead atoms. The highest BCUT2D eigenvalue weighted by atomic mass is 35.5. The average Bonchev–Trinajstić information content (AvgIpc) is 2.73. The number of pyridine rings is 2. The highest BCUT2D eigenvalue weighted by Gasteiger charge is 2.20. The van der Waals surface area contributed by atoms with Crippen molar-refractivity contribution in [2.45, 2.75) is 13.5 Å². The van der Waals surface area contributed by atoms with Gasteiger partial charge in [0, 0.05) is 34.9 Å². The Bertz CT molecular complexity index is 1210. The summed E-state index contributed by atoms with van der Waals surface area (Å²) in [6.45, 7) is 2.30. The third-order valence-electron chi connectivity index (χ3n) is 4.75. The first-order valence-electron chi connectivity index (χ1n) is 9.06. The van der Waals surface area contributed by atoms with E-state index in [-0.39, 0.29) is 5.91 Å². The van der Waals surface area contributed by atoms with Crippen molar-refractivity contribution in [1.82, 2.24) is 15.3 Å². The summed E-state index contributed by atoms with van der Waals surface area (Å²) in [7, 11) is 0. The number of amides is 1. The van der Waals surface area contributed by atoms with E-state index in [9.17, 15) is 4.79 Å². The number of aromatic nitrogens is 2. The maximum Gasteiger partial charge on any atom is 0.252 e.